The number of nitrogens with one attached hydrogen (secondary N) is 1. The Hall–Kier alpha value is -1.71. The van der Waals surface area contributed by atoms with Crippen LogP contribution in [0.15, 0.2) is 18.2 Å². The summed E-state index contributed by atoms with van der Waals surface area (Å²) in [4.78, 5) is 0. The van der Waals surface area contributed by atoms with Gasteiger partial charge in [0.25, 0.3) is 0 Å². The average molecular weight is 276 g/mol. The molecule has 0 amide bonds. The van der Waals surface area contributed by atoms with Crippen LogP contribution in [0.25, 0.3) is 0 Å². The number of methoxy groups -OCH3 is 1. The van der Waals surface area contributed by atoms with Gasteiger partial charge in [-0.3, -0.25) is 5.41 Å². The third-order valence-corrected chi connectivity index (χ3v) is 3.86. The fraction of sp³-hybridized carbons (Fsp3) is 0.562. The molecule has 2 unspecified atom stereocenters. The van der Waals surface area contributed by atoms with E-state index in [2.05, 4.69) is 13.8 Å². The highest BCUT2D eigenvalue weighted by atomic mass is 16.5. The molecule has 0 aromatic heterocycles. The van der Waals surface area contributed by atoms with Gasteiger partial charge in [0.15, 0.2) is 0 Å². The van der Waals surface area contributed by atoms with E-state index in [4.69, 9.17) is 20.6 Å². The summed E-state index contributed by atoms with van der Waals surface area (Å²) >= 11 is 0. The van der Waals surface area contributed by atoms with Crippen LogP contribution in [0, 0.1) is 17.2 Å². The van der Waals surface area contributed by atoms with Crippen LogP contribution >= 0.6 is 0 Å². The summed E-state index contributed by atoms with van der Waals surface area (Å²) in [6.07, 6.45) is 3.67. The molecule has 1 aliphatic carbocycles. The van der Waals surface area contributed by atoms with Gasteiger partial charge in [-0.25, -0.2) is 0 Å². The Balaban J connectivity index is 2.15. The van der Waals surface area contributed by atoms with Gasteiger partial charge in [0, 0.05) is 11.6 Å². The topological polar surface area (TPSA) is 68.3 Å². The van der Waals surface area contributed by atoms with Crippen molar-refractivity contribution >= 4 is 5.84 Å². The smallest absolute Gasteiger partial charge is 0.124 e. The van der Waals surface area contributed by atoms with Crippen LogP contribution in [0.4, 0.5) is 0 Å². The molecule has 0 saturated heterocycles. The Morgan fingerprint density at radius 2 is 1.70 bits per heavy atom. The van der Waals surface area contributed by atoms with Crippen molar-refractivity contribution in [3.8, 4) is 11.5 Å². The number of benzene rings is 1. The zero-order valence-corrected chi connectivity index (χ0v) is 12.5. The van der Waals surface area contributed by atoms with Crippen LogP contribution in [0.2, 0.25) is 0 Å². The molecule has 1 saturated carbocycles. The van der Waals surface area contributed by atoms with Crippen molar-refractivity contribution in [3.63, 3.8) is 0 Å². The molecular formula is C16H24N2O2. The van der Waals surface area contributed by atoms with Crippen LogP contribution in [0.1, 0.15) is 38.7 Å². The number of nitrogen functional groups attached to an aromatic ring is 1. The number of hydrogen-bond donors (Lipinski definition) is 2. The number of amidine groups is 1. The third-order valence-electron chi connectivity index (χ3n) is 3.86. The minimum atomic E-state index is 0.0270. The van der Waals surface area contributed by atoms with Gasteiger partial charge in [-0.2, -0.15) is 0 Å². The molecule has 110 valence electrons. The van der Waals surface area contributed by atoms with Crippen LogP contribution < -0.4 is 15.2 Å². The lowest BCUT2D eigenvalue weighted by molar-refractivity contribution is 0.101. The second-order valence-corrected chi connectivity index (χ2v) is 5.97. The van der Waals surface area contributed by atoms with Gasteiger partial charge in [0.1, 0.15) is 17.3 Å². The first-order chi connectivity index (χ1) is 9.47. The monoisotopic (exact) mass is 276 g/mol. The Bertz CT molecular complexity index is 477. The maximum absolute atomic E-state index is 7.55. The highest BCUT2D eigenvalue weighted by molar-refractivity contribution is 5.95. The van der Waals surface area contributed by atoms with Gasteiger partial charge in [-0.1, -0.05) is 13.8 Å². The molecule has 3 N–H and O–H groups in total. The standard InChI is InChI=1S/C16H24N2O2/c1-10-4-11(2)6-14(5-10)20-15-8-12(16(17)18)7-13(9-15)19-3/h7-11,14H,4-6H2,1-3H3,(H3,17,18). The van der Waals surface area contributed by atoms with Crippen LogP contribution in [-0.2, 0) is 0 Å². The molecule has 2 atom stereocenters. The Kier molecular flexibility index (Phi) is 4.53. The van der Waals surface area contributed by atoms with Gasteiger partial charge in [-0.15, -0.1) is 0 Å². The predicted octanol–water partition coefficient (Wildman–Crippen LogP) is 3.18. The van der Waals surface area contributed by atoms with E-state index in [0.29, 0.717) is 23.1 Å². The van der Waals surface area contributed by atoms with Crippen molar-refractivity contribution in [3.05, 3.63) is 23.8 Å². The van der Waals surface area contributed by atoms with Gasteiger partial charge in [0.2, 0.25) is 0 Å². The van der Waals surface area contributed by atoms with Crippen molar-refractivity contribution < 1.29 is 9.47 Å². The predicted molar refractivity (Wildman–Crippen MR) is 80.6 cm³/mol. The highest BCUT2D eigenvalue weighted by Gasteiger charge is 2.25. The second kappa shape index (κ2) is 6.16. The Labute approximate surface area is 120 Å². The quantitative estimate of drug-likeness (QED) is 0.655. The van der Waals surface area contributed by atoms with E-state index >= 15 is 0 Å². The molecule has 0 heterocycles. The summed E-state index contributed by atoms with van der Waals surface area (Å²) in [5.74, 6) is 2.83. The van der Waals surface area contributed by atoms with E-state index in [1.54, 1.807) is 13.2 Å². The molecule has 1 aromatic carbocycles. The molecule has 1 aromatic rings. The number of rotatable bonds is 4. The lowest BCUT2D eigenvalue weighted by Gasteiger charge is -2.31. The fourth-order valence-electron chi connectivity index (χ4n) is 3.07. The van der Waals surface area contributed by atoms with Crippen molar-refractivity contribution in [1.82, 2.24) is 0 Å². The van der Waals surface area contributed by atoms with Crippen molar-refractivity contribution in [2.45, 2.75) is 39.2 Å². The minimum Gasteiger partial charge on any atom is -0.497 e. The molecule has 20 heavy (non-hydrogen) atoms. The fourth-order valence-corrected chi connectivity index (χ4v) is 3.07. The van der Waals surface area contributed by atoms with Gasteiger partial charge in [-0.05, 0) is 43.2 Å². The zero-order valence-electron chi connectivity index (χ0n) is 12.5. The summed E-state index contributed by atoms with van der Waals surface area (Å²) in [5.41, 5.74) is 6.19. The summed E-state index contributed by atoms with van der Waals surface area (Å²) in [6, 6.07) is 5.42. The molecule has 1 fully saturated rings. The average Bonchev–Trinajstić information content (AvgIpc) is 2.36. The van der Waals surface area contributed by atoms with Gasteiger partial charge >= 0.3 is 0 Å². The van der Waals surface area contributed by atoms with E-state index in [0.717, 1.165) is 18.6 Å². The lowest BCUT2D eigenvalue weighted by atomic mass is 9.82. The molecule has 2 rings (SSSR count). The number of ether oxygens (including phenoxy) is 2. The molecule has 0 radical (unpaired) electrons. The van der Waals surface area contributed by atoms with E-state index in [9.17, 15) is 0 Å². The molecule has 1 aliphatic rings. The molecule has 0 aliphatic heterocycles. The van der Waals surface area contributed by atoms with Gasteiger partial charge < -0.3 is 15.2 Å². The first-order valence-corrected chi connectivity index (χ1v) is 7.18. The first kappa shape index (κ1) is 14.7. The van der Waals surface area contributed by atoms with E-state index in [-0.39, 0.29) is 11.9 Å². The maximum atomic E-state index is 7.55. The zero-order chi connectivity index (χ0) is 14.7. The van der Waals surface area contributed by atoms with Crippen LogP contribution in [0.3, 0.4) is 0 Å². The molecule has 0 spiro atoms. The minimum absolute atomic E-state index is 0.0270. The second-order valence-electron chi connectivity index (χ2n) is 5.97. The third kappa shape index (κ3) is 3.65. The summed E-state index contributed by atoms with van der Waals surface area (Å²) < 4.78 is 11.3. The number of nitrogens with two attached hydrogens (primary N) is 1. The van der Waals surface area contributed by atoms with E-state index in [1.165, 1.54) is 6.42 Å². The summed E-state index contributed by atoms with van der Waals surface area (Å²) in [7, 11) is 1.60. The van der Waals surface area contributed by atoms with Crippen LogP contribution in [0.5, 0.6) is 11.5 Å². The lowest BCUT2D eigenvalue weighted by Crippen LogP contribution is -2.28. The normalized spacial score (nSPS) is 26.1. The van der Waals surface area contributed by atoms with Crippen molar-refractivity contribution in [2.75, 3.05) is 7.11 Å². The SMILES string of the molecule is COc1cc(OC2CC(C)CC(C)C2)cc(C(=N)N)c1. The molecule has 4 heteroatoms. The Morgan fingerprint density at radius 1 is 1.10 bits per heavy atom. The summed E-state index contributed by atoms with van der Waals surface area (Å²) in [5, 5.41) is 7.55. The molecule has 0 bridgehead atoms. The van der Waals surface area contributed by atoms with E-state index < -0.39 is 0 Å². The first-order valence-electron chi connectivity index (χ1n) is 7.18. The number of hydrogen-bond acceptors (Lipinski definition) is 3. The highest BCUT2D eigenvalue weighted by Crippen LogP contribution is 2.32. The van der Waals surface area contributed by atoms with Crippen molar-refractivity contribution in [2.24, 2.45) is 17.6 Å². The maximum Gasteiger partial charge on any atom is 0.124 e. The Morgan fingerprint density at radius 3 is 2.25 bits per heavy atom. The largest absolute Gasteiger partial charge is 0.497 e. The molecular weight excluding hydrogens is 252 g/mol. The van der Waals surface area contributed by atoms with Gasteiger partial charge in [0.05, 0.1) is 13.2 Å². The van der Waals surface area contributed by atoms with Crippen molar-refractivity contribution in [1.29, 1.82) is 5.41 Å². The van der Waals surface area contributed by atoms with Crippen LogP contribution in [-0.4, -0.2) is 19.0 Å². The molecule has 4 nitrogen and oxygen atoms in total. The van der Waals surface area contributed by atoms with E-state index in [1.807, 2.05) is 12.1 Å². The summed E-state index contributed by atoms with van der Waals surface area (Å²) in [6.45, 7) is 4.55.